The fourth-order valence-corrected chi connectivity index (χ4v) is 1.49. The van der Waals surface area contributed by atoms with Crippen molar-refractivity contribution in [3.63, 3.8) is 0 Å². The molecule has 1 heterocycles. The van der Waals surface area contributed by atoms with E-state index in [4.69, 9.17) is 5.73 Å². The van der Waals surface area contributed by atoms with Crippen molar-refractivity contribution in [2.24, 2.45) is 0 Å². The van der Waals surface area contributed by atoms with Gasteiger partial charge in [-0.3, -0.25) is 0 Å². The molecule has 2 rings (SSSR count). The minimum absolute atomic E-state index is 0.0808. The molecule has 0 aliphatic carbocycles. The average Bonchev–Trinajstić information content (AvgIpc) is 2.68. The molecule has 1 aromatic heterocycles. The van der Waals surface area contributed by atoms with Crippen molar-refractivity contribution in [2.45, 2.75) is 13.5 Å². The second kappa shape index (κ2) is 4.59. The lowest BCUT2D eigenvalue weighted by Gasteiger charge is -2.10. The van der Waals surface area contributed by atoms with Crippen LogP contribution in [0.15, 0.2) is 24.5 Å². The van der Waals surface area contributed by atoms with Crippen molar-refractivity contribution in [2.75, 3.05) is 5.73 Å². The molecule has 4 nitrogen and oxygen atoms in total. The van der Waals surface area contributed by atoms with E-state index in [1.807, 2.05) is 0 Å². The van der Waals surface area contributed by atoms with Crippen molar-refractivity contribution in [1.29, 1.82) is 0 Å². The van der Waals surface area contributed by atoms with Gasteiger partial charge in [0.15, 0.2) is 11.6 Å². The monoisotopic (exact) mass is 257 g/mol. The Morgan fingerprint density at radius 1 is 1.39 bits per heavy atom. The van der Waals surface area contributed by atoms with Gasteiger partial charge < -0.3 is 10.5 Å². The standard InChI is InChI=1S/C11H10F3N3O/c1-6-4-16-17(5-6)9-3-10(18-11(13)14)7(12)2-8(9)15/h2-5,11H,15H2,1H3. The molecule has 0 unspecified atom stereocenters. The molecular weight excluding hydrogens is 247 g/mol. The molecule has 0 saturated carbocycles. The van der Waals surface area contributed by atoms with Gasteiger partial charge in [0, 0.05) is 18.3 Å². The number of aromatic nitrogens is 2. The Morgan fingerprint density at radius 3 is 2.67 bits per heavy atom. The van der Waals surface area contributed by atoms with Crippen LogP contribution in [0.5, 0.6) is 5.75 Å². The summed E-state index contributed by atoms with van der Waals surface area (Å²) in [5.74, 6) is -1.51. The van der Waals surface area contributed by atoms with Gasteiger partial charge in [0.1, 0.15) is 0 Å². The summed E-state index contributed by atoms with van der Waals surface area (Å²) >= 11 is 0. The molecule has 0 amide bonds. The number of hydrogen-bond donors (Lipinski definition) is 1. The van der Waals surface area contributed by atoms with Gasteiger partial charge in [-0.2, -0.15) is 13.9 Å². The fraction of sp³-hybridized carbons (Fsp3) is 0.182. The van der Waals surface area contributed by atoms with Crippen molar-refractivity contribution in [3.05, 3.63) is 35.9 Å². The second-order valence-corrected chi connectivity index (χ2v) is 3.68. The molecule has 0 atom stereocenters. The Morgan fingerprint density at radius 2 is 2.11 bits per heavy atom. The van der Waals surface area contributed by atoms with Crippen LogP contribution in [0.2, 0.25) is 0 Å². The van der Waals surface area contributed by atoms with Crippen LogP contribution in [0.3, 0.4) is 0 Å². The fourth-order valence-electron chi connectivity index (χ4n) is 1.49. The number of anilines is 1. The summed E-state index contributed by atoms with van der Waals surface area (Å²) in [6.45, 7) is -1.30. The molecule has 1 aromatic carbocycles. The van der Waals surface area contributed by atoms with Gasteiger partial charge >= 0.3 is 6.61 Å². The molecule has 96 valence electrons. The second-order valence-electron chi connectivity index (χ2n) is 3.68. The van der Waals surface area contributed by atoms with Crippen molar-refractivity contribution in [3.8, 4) is 11.4 Å². The molecule has 18 heavy (non-hydrogen) atoms. The van der Waals surface area contributed by atoms with Gasteiger partial charge in [0.05, 0.1) is 17.6 Å². The predicted octanol–water partition coefficient (Wildman–Crippen LogP) is 2.50. The van der Waals surface area contributed by atoms with E-state index >= 15 is 0 Å². The van der Waals surface area contributed by atoms with E-state index in [1.165, 1.54) is 4.68 Å². The number of ether oxygens (including phenoxy) is 1. The number of nitrogens with zero attached hydrogens (tertiary/aromatic N) is 2. The van der Waals surface area contributed by atoms with Crippen LogP contribution in [0.4, 0.5) is 18.9 Å². The maximum Gasteiger partial charge on any atom is 0.387 e. The number of nitrogens with two attached hydrogens (primary N) is 1. The molecule has 0 aliphatic heterocycles. The third-order valence-corrected chi connectivity index (χ3v) is 2.26. The van der Waals surface area contributed by atoms with Crippen LogP contribution in [0.25, 0.3) is 5.69 Å². The number of alkyl halides is 2. The molecule has 2 aromatic rings. The van der Waals surface area contributed by atoms with E-state index in [1.54, 1.807) is 19.3 Å². The summed E-state index contributed by atoms with van der Waals surface area (Å²) in [7, 11) is 0. The summed E-state index contributed by atoms with van der Waals surface area (Å²) in [5.41, 5.74) is 6.83. The van der Waals surface area contributed by atoms with E-state index in [-0.39, 0.29) is 11.4 Å². The van der Waals surface area contributed by atoms with Crippen LogP contribution in [0.1, 0.15) is 5.56 Å². The topological polar surface area (TPSA) is 53.1 Å². The van der Waals surface area contributed by atoms with Crippen LogP contribution in [-0.4, -0.2) is 16.4 Å². The number of hydrogen-bond acceptors (Lipinski definition) is 3. The minimum atomic E-state index is -3.10. The predicted molar refractivity (Wildman–Crippen MR) is 59.3 cm³/mol. The Balaban J connectivity index is 2.47. The SMILES string of the molecule is Cc1cnn(-c2cc(OC(F)F)c(F)cc2N)c1. The lowest BCUT2D eigenvalue weighted by molar-refractivity contribution is -0.0521. The third kappa shape index (κ3) is 2.39. The largest absolute Gasteiger partial charge is 0.432 e. The molecule has 0 spiro atoms. The number of nitrogen functional groups attached to an aromatic ring is 1. The highest BCUT2D eigenvalue weighted by molar-refractivity contribution is 5.60. The molecule has 0 fully saturated rings. The first kappa shape index (κ1) is 12.3. The van der Waals surface area contributed by atoms with Crippen LogP contribution in [-0.2, 0) is 0 Å². The van der Waals surface area contributed by atoms with Crippen molar-refractivity contribution in [1.82, 2.24) is 9.78 Å². The van der Waals surface area contributed by atoms with Crippen molar-refractivity contribution < 1.29 is 17.9 Å². The summed E-state index contributed by atoms with van der Waals surface area (Å²) < 4.78 is 43.0. The first-order valence-corrected chi connectivity index (χ1v) is 5.03. The quantitative estimate of drug-likeness (QED) is 0.859. The zero-order chi connectivity index (χ0) is 13.3. The smallest absolute Gasteiger partial charge is 0.387 e. The van der Waals surface area contributed by atoms with Gasteiger partial charge in [-0.15, -0.1) is 0 Å². The zero-order valence-corrected chi connectivity index (χ0v) is 9.40. The lowest BCUT2D eigenvalue weighted by atomic mass is 10.2. The first-order valence-electron chi connectivity index (χ1n) is 5.03. The molecule has 2 N–H and O–H groups in total. The third-order valence-electron chi connectivity index (χ3n) is 2.26. The number of benzene rings is 1. The van der Waals surface area contributed by atoms with E-state index < -0.39 is 18.2 Å². The Bertz CT molecular complexity index is 569. The van der Waals surface area contributed by atoms with Gasteiger partial charge in [0.25, 0.3) is 0 Å². The molecular formula is C11H10F3N3O. The highest BCUT2D eigenvalue weighted by atomic mass is 19.3. The molecule has 0 saturated heterocycles. The highest BCUT2D eigenvalue weighted by Gasteiger charge is 2.14. The molecule has 7 heteroatoms. The summed E-state index contributed by atoms with van der Waals surface area (Å²) in [5, 5.41) is 3.97. The van der Waals surface area contributed by atoms with Crippen LogP contribution in [0, 0.1) is 12.7 Å². The van der Waals surface area contributed by atoms with Gasteiger partial charge in [0.2, 0.25) is 0 Å². The van der Waals surface area contributed by atoms with Gasteiger partial charge in [-0.25, -0.2) is 9.07 Å². The Labute approximate surface area is 101 Å². The van der Waals surface area contributed by atoms with E-state index in [9.17, 15) is 13.2 Å². The van der Waals surface area contributed by atoms with E-state index in [0.717, 1.165) is 17.7 Å². The maximum absolute atomic E-state index is 13.3. The number of rotatable bonds is 3. The van der Waals surface area contributed by atoms with Crippen molar-refractivity contribution >= 4 is 5.69 Å². The maximum atomic E-state index is 13.3. The summed E-state index contributed by atoms with van der Waals surface area (Å²) in [6.07, 6.45) is 3.20. The van der Waals surface area contributed by atoms with Crippen LogP contribution >= 0.6 is 0 Å². The normalized spacial score (nSPS) is 10.9. The average molecular weight is 257 g/mol. The van der Waals surface area contributed by atoms with Gasteiger partial charge in [-0.1, -0.05) is 0 Å². The summed E-state index contributed by atoms with van der Waals surface area (Å²) in [6, 6.07) is 2.01. The first-order chi connectivity index (χ1) is 8.47. The van der Waals surface area contributed by atoms with Crippen LogP contribution < -0.4 is 10.5 Å². The van der Waals surface area contributed by atoms with Gasteiger partial charge in [-0.05, 0) is 12.5 Å². The lowest BCUT2D eigenvalue weighted by Crippen LogP contribution is -2.07. The summed E-state index contributed by atoms with van der Waals surface area (Å²) in [4.78, 5) is 0. The minimum Gasteiger partial charge on any atom is -0.432 e. The van der Waals surface area contributed by atoms with E-state index in [2.05, 4.69) is 9.84 Å². The number of halogens is 3. The zero-order valence-electron chi connectivity index (χ0n) is 9.40. The number of aryl methyl sites for hydroxylation is 1. The highest BCUT2D eigenvalue weighted by Crippen LogP contribution is 2.28. The molecule has 0 bridgehead atoms. The molecule has 0 aliphatic rings. The van der Waals surface area contributed by atoms with E-state index in [0.29, 0.717) is 0 Å². The Kier molecular flexibility index (Phi) is 3.14. The Hall–Kier alpha value is -2.18. The molecule has 0 radical (unpaired) electrons.